The summed E-state index contributed by atoms with van der Waals surface area (Å²) in [6, 6.07) is 0. The van der Waals surface area contributed by atoms with Crippen LogP contribution in [0.2, 0.25) is 0 Å². The first-order valence-corrected chi connectivity index (χ1v) is 20.7. The molecule has 0 aromatic carbocycles. The average molecular weight is 663 g/mol. The quantitative estimate of drug-likeness (QED) is 0.0250. The fraction of sp³-hybridized carbons (Fsp3) is 0.905. The molecule has 0 spiro atoms. The van der Waals surface area contributed by atoms with E-state index in [2.05, 4.69) is 64.6 Å². The van der Waals surface area contributed by atoms with E-state index in [9.17, 15) is 10.2 Å². The zero-order chi connectivity index (χ0) is 34.6. The van der Waals surface area contributed by atoms with Gasteiger partial charge in [-0.25, -0.2) is 0 Å². The zero-order valence-corrected chi connectivity index (χ0v) is 32.3. The zero-order valence-electron chi connectivity index (χ0n) is 32.3. The Hall–Kier alpha value is -0.720. The summed E-state index contributed by atoms with van der Waals surface area (Å²) < 4.78 is 0.981. The third-order valence-electron chi connectivity index (χ3n) is 10.6. The maximum Gasteiger partial charge on any atom is 0.104 e. The number of hydrogen-bond acceptors (Lipinski definition) is 4. The van der Waals surface area contributed by atoms with Crippen LogP contribution < -0.4 is 11.1 Å². The minimum atomic E-state index is -0.643. The Morgan fingerprint density at radius 3 is 1.83 bits per heavy atom. The molecule has 0 aliphatic heterocycles. The van der Waals surface area contributed by atoms with Crippen molar-refractivity contribution in [1.29, 1.82) is 0 Å². The Labute approximate surface area is 294 Å². The molecule has 0 saturated heterocycles. The van der Waals surface area contributed by atoms with E-state index in [0.29, 0.717) is 11.8 Å². The van der Waals surface area contributed by atoms with Crippen molar-refractivity contribution < 1.29 is 14.7 Å². The number of quaternary nitrogens is 1. The fourth-order valence-electron chi connectivity index (χ4n) is 7.64. The third kappa shape index (κ3) is 25.0. The molecule has 0 amide bonds. The van der Waals surface area contributed by atoms with Gasteiger partial charge in [-0.2, -0.15) is 0 Å². The molecular formula is C42H84N3O2+. The van der Waals surface area contributed by atoms with Crippen LogP contribution in [0.5, 0.6) is 0 Å². The minimum Gasteiger partial charge on any atom is -0.379 e. The van der Waals surface area contributed by atoms with Crippen molar-refractivity contribution in [3.05, 3.63) is 24.3 Å². The molecule has 5 unspecified atom stereocenters. The molecular weight excluding hydrogens is 578 g/mol. The van der Waals surface area contributed by atoms with E-state index < -0.39 is 6.23 Å². The van der Waals surface area contributed by atoms with Gasteiger partial charge in [0.05, 0.1) is 27.7 Å². The van der Waals surface area contributed by atoms with Gasteiger partial charge >= 0.3 is 0 Å². The number of aliphatic hydroxyl groups excluding tert-OH is 2. The molecule has 1 aliphatic carbocycles. The summed E-state index contributed by atoms with van der Waals surface area (Å²) >= 11 is 0. The fourth-order valence-corrected chi connectivity index (χ4v) is 7.64. The predicted molar refractivity (Wildman–Crippen MR) is 206 cm³/mol. The van der Waals surface area contributed by atoms with Crippen molar-refractivity contribution in [2.45, 2.75) is 187 Å². The largest absolute Gasteiger partial charge is 0.379 e. The highest BCUT2D eigenvalue weighted by Crippen LogP contribution is 2.43. The summed E-state index contributed by atoms with van der Waals surface area (Å²) in [4.78, 5) is 0. The average Bonchev–Trinajstić information content (AvgIpc) is 3.02. The number of nitrogens with zero attached hydrogens (tertiary/aromatic N) is 1. The smallest absolute Gasteiger partial charge is 0.104 e. The number of rotatable bonds is 32. The second-order valence-corrected chi connectivity index (χ2v) is 16.2. The van der Waals surface area contributed by atoms with Gasteiger partial charge in [0.2, 0.25) is 0 Å². The Morgan fingerprint density at radius 2 is 1.19 bits per heavy atom. The molecule has 5 heteroatoms. The van der Waals surface area contributed by atoms with Gasteiger partial charge < -0.3 is 20.4 Å². The summed E-state index contributed by atoms with van der Waals surface area (Å²) in [5.41, 5.74) is 5.49. The van der Waals surface area contributed by atoms with Crippen molar-refractivity contribution in [3.63, 3.8) is 0 Å². The lowest BCUT2D eigenvalue weighted by Gasteiger charge is -2.39. The Kier molecular flexibility index (Phi) is 27.4. The molecule has 0 saturated carbocycles. The van der Waals surface area contributed by atoms with Gasteiger partial charge in [0.15, 0.2) is 0 Å². The number of aliphatic hydroxyl groups is 2. The lowest BCUT2D eigenvalue weighted by atomic mass is 9.66. The molecule has 47 heavy (non-hydrogen) atoms. The number of hydrogen-bond donors (Lipinski definition) is 4. The van der Waals surface area contributed by atoms with Crippen LogP contribution in [-0.2, 0) is 0 Å². The standard InChI is InChI=1S/C42H84N3O2/c1-6-8-10-20-27-37-33-34-38(28-21-16-15-19-25-32-42(47)44-35-26-36-45(3,4)5)40(39(37)29-22-11-9-7-2)30-23-17-13-12-14-18-24-31-41(43)46/h23,30,33-34,37-42,44,46-47H,6-22,24-29,31-32,35-36,43H2,1-5H3/q+1/b30-23-/t37?,38-,39?,40?,41?,42?/m1/s1. The molecule has 1 aliphatic rings. The van der Waals surface area contributed by atoms with Crippen molar-refractivity contribution in [3.8, 4) is 0 Å². The van der Waals surface area contributed by atoms with E-state index in [4.69, 9.17) is 5.73 Å². The first kappa shape index (κ1) is 44.3. The van der Waals surface area contributed by atoms with Crippen LogP contribution in [-0.4, -0.2) is 61.4 Å². The molecule has 6 atom stereocenters. The SMILES string of the molecule is CCCCCCC1C=C[C@@H](CCCCCCCC(O)NCCC[N+](C)(C)C)C(/C=C\CCCCCCCC(N)O)C1CCCCCC. The van der Waals surface area contributed by atoms with E-state index in [1.54, 1.807) is 0 Å². The molecule has 0 fully saturated rings. The number of nitrogens with one attached hydrogen (secondary N) is 1. The first-order chi connectivity index (χ1) is 22.7. The van der Waals surface area contributed by atoms with E-state index in [1.807, 2.05) is 0 Å². The monoisotopic (exact) mass is 663 g/mol. The van der Waals surface area contributed by atoms with Crippen LogP contribution in [0.25, 0.3) is 0 Å². The molecule has 0 bridgehead atoms. The second-order valence-electron chi connectivity index (χ2n) is 16.2. The van der Waals surface area contributed by atoms with Crippen molar-refractivity contribution >= 4 is 0 Å². The van der Waals surface area contributed by atoms with Gasteiger partial charge in [-0.15, -0.1) is 0 Å². The van der Waals surface area contributed by atoms with Crippen LogP contribution in [0.15, 0.2) is 24.3 Å². The lowest BCUT2D eigenvalue weighted by Crippen LogP contribution is -2.38. The van der Waals surface area contributed by atoms with E-state index >= 15 is 0 Å². The molecule has 0 aromatic heterocycles. The van der Waals surface area contributed by atoms with Crippen molar-refractivity contribution in [2.75, 3.05) is 34.2 Å². The summed E-state index contributed by atoms with van der Waals surface area (Å²) in [6.07, 6.45) is 40.8. The number of allylic oxidation sites excluding steroid dienone is 4. The molecule has 0 aromatic rings. The normalized spacial score (nSPS) is 21.5. The number of nitrogens with two attached hydrogens (primary N) is 1. The van der Waals surface area contributed by atoms with E-state index in [-0.39, 0.29) is 6.23 Å². The maximum absolute atomic E-state index is 10.3. The highest BCUT2D eigenvalue weighted by molar-refractivity contribution is 5.10. The second kappa shape index (κ2) is 29.1. The topological polar surface area (TPSA) is 78.5 Å². The summed E-state index contributed by atoms with van der Waals surface area (Å²) in [5.74, 6) is 2.94. The molecule has 0 heterocycles. The van der Waals surface area contributed by atoms with Crippen LogP contribution in [0.3, 0.4) is 0 Å². The van der Waals surface area contributed by atoms with Gasteiger partial charge in [0.25, 0.3) is 0 Å². The Balaban J connectivity index is 2.63. The van der Waals surface area contributed by atoms with Crippen LogP contribution in [0, 0.1) is 23.7 Å². The molecule has 5 N–H and O–H groups in total. The predicted octanol–water partition coefficient (Wildman–Crippen LogP) is 10.3. The van der Waals surface area contributed by atoms with E-state index in [1.165, 1.54) is 128 Å². The van der Waals surface area contributed by atoms with Gasteiger partial charge in [-0.3, -0.25) is 5.32 Å². The summed E-state index contributed by atoms with van der Waals surface area (Å²) in [7, 11) is 6.67. The summed E-state index contributed by atoms with van der Waals surface area (Å²) in [5, 5.41) is 22.9. The molecule has 0 radical (unpaired) electrons. The first-order valence-electron chi connectivity index (χ1n) is 20.7. The molecule has 5 nitrogen and oxygen atoms in total. The van der Waals surface area contributed by atoms with Gasteiger partial charge in [0.1, 0.15) is 12.5 Å². The van der Waals surface area contributed by atoms with Crippen molar-refractivity contribution in [2.24, 2.45) is 29.4 Å². The molecule has 1 rings (SSSR count). The Bertz CT molecular complexity index is 747. The minimum absolute atomic E-state index is 0.350. The van der Waals surface area contributed by atoms with Crippen molar-refractivity contribution in [1.82, 2.24) is 5.32 Å². The van der Waals surface area contributed by atoms with Gasteiger partial charge in [0, 0.05) is 13.0 Å². The van der Waals surface area contributed by atoms with E-state index in [0.717, 1.165) is 61.5 Å². The van der Waals surface area contributed by atoms with Crippen LogP contribution >= 0.6 is 0 Å². The van der Waals surface area contributed by atoms with Gasteiger partial charge in [-0.1, -0.05) is 134 Å². The van der Waals surface area contributed by atoms with Gasteiger partial charge in [-0.05, 0) is 81.5 Å². The van der Waals surface area contributed by atoms with Crippen LogP contribution in [0.4, 0.5) is 0 Å². The Morgan fingerprint density at radius 1 is 0.660 bits per heavy atom. The molecule has 278 valence electrons. The highest BCUT2D eigenvalue weighted by Gasteiger charge is 2.33. The highest BCUT2D eigenvalue weighted by atomic mass is 16.3. The van der Waals surface area contributed by atoms with Crippen LogP contribution in [0.1, 0.15) is 174 Å². The lowest BCUT2D eigenvalue weighted by molar-refractivity contribution is -0.870. The maximum atomic E-state index is 10.3. The third-order valence-corrected chi connectivity index (χ3v) is 10.6. The number of unbranched alkanes of at least 4 members (excludes halogenated alkanes) is 15. The summed E-state index contributed by atoms with van der Waals surface area (Å²) in [6.45, 7) is 6.69.